The Balaban J connectivity index is 1.26. The zero-order valence-corrected chi connectivity index (χ0v) is 19.1. The van der Waals surface area contributed by atoms with Crippen molar-refractivity contribution in [1.82, 2.24) is 9.97 Å². The number of aliphatic carboxylic acids is 1. The second kappa shape index (κ2) is 10.6. The summed E-state index contributed by atoms with van der Waals surface area (Å²) in [6.45, 7) is 3.08. The van der Waals surface area contributed by atoms with Gasteiger partial charge in [0.25, 0.3) is 0 Å². The second-order valence-corrected chi connectivity index (χ2v) is 8.93. The number of carbonyl (C=O) groups excluding carboxylic acids is 1. The molecule has 0 saturated heterocycles. The van der Waals surface area contributed by atoms with Gasteiger partial charge < -0.3 is 10.4 Å². The maximum atomic E-state index is 12.4. The number of nitrogens with zero attached hydrogens (tertiary/aromatic N) is 2. The molecule has 0 aliphatic carbocycles. The Bertz CT molecular complexity index is 1160. The molecule has 1 aliphatic heterocycles. The molecular formula is C27H31N3O3. The first kappa shape index (κ1) is 22.9. The standard InChI is InChI=1S/C27H31N3O3/c1-18-15-20-8-6-14-28-26(20)30-24(18)10-5-3-9-22(31)12-13-23(27(32)33)21-16-19-7-2-4-11-25(19)29-17-21/h2,4,7,11,15-17,23H,3,5-6,8-10,12-14H2,1H3,(H,28,30)(H,32,33)/t23-/m1/s1. The van der Waals surface area contributed by atoms with E-state index in [-0.39, 0.29) is 12.2 Å². The summed E-state index contributed by atoms with van der Waals surface area (Å²) >= 11 is 0. The van der Waals surface area contributed by atoms with Gasteiger partial charge in [-0.25, -0.2) is 4.98 Å². The van der Waals surface area contributed by atoms with E-state index in [2.05, 4.69) is 23.3 Å². The van der Waals surface area contributed by atoms with Gasteiger partial charge in [-0.05, 0) is 74.3 Å². The lowest BCUT2D eigenvalue weighted by atomic mass is 9.92. The highest BCUT2D eigenvalue weighted by molar-refractivity contribution is 5.83. The highest BCUT2D eigenvalue weighted by Gasteiger charge is 2.22. The van der Waals surface area contributed by atoms with Crippen LogP contribution in [-0.2, 0) is 22.4 Å². The Labute approximate surface area is 194 Å². The van der Waals surface area contributed by atoms with Crippen molar-refractivity contribution in [3.8, 4) is 0 Å². The minimum absolute atomic E-state index is 0.117. The van der Waals surface area contributed by atoms with Crippen LogP contribution in [0.3, 0.4) is 0 Å². The van der Waals surface area contributed by atoms with Gasteiger partial charge in [0.05, 0.1) is 11.4 Å². The Hall–Kier alpha value is -3.28. The molecule has 2 aromatic heterocycles. The lowest BCUT2D eigenvalue weighted by Gasteiger charge is -2.19. The maximum Gasteiger partial charge on any atom is 0.311 e. The van der Waals surface area contributed by atoms with Gasteiger partial charge in [0, 0.05) is 36.7 Å². The van der Waals surface area contributed by atoms with Gasteiger partial charge in [-0.1, -0.05) is 24.3 Å². The fourth-order valence-corrected chi connectivity index (χ4v) is 4.55. The van der Waals surface area contributed by atoms with E-state index < -0.39 is 11.9 Å². The van der Waals surface area contributed by atoms with Crippen molar-refractivity contribution >= 4 is 28.5 Å². The molecule has 1 aromatic carbocycles. The van der Waals surface area contributed by atoms with Crippen LogP contribution >= 0.6 is 0 Å². The third-order valence-corrected chi connectivity index (χ3v) is 6.46. The lowest BCUT2D eigenvalue weighted by molar-refractivity contribution is -0.139. The van der Waals surface area contributed by atoms with Gasteiger partial charge in [0.1, 0.15) is 11.6 Å². The molecule has 4 rings (SSSR count). The third-order valence-electron chi connectivity index (χ3n) is 6.46. The van der Waals surface area contributed by atoms with Gasteiger partial charge in [-0.15, -0.1) is 0 Å². The van der Waals surface area contributed by atoms with E-state index in [1.165, 1.54) is 11.1 Å². The summed E-state index contributed by atoms with van der Waals surface area (Å²) in [6.07, 6.45) is 7.44. The van der Waals surface area contributed by atoms with Crippen LogP contribution in [0.1, 0.15) is 66.8 Å². The SMILES string of the molecule is Cc1cc2c(nc1CCCCC(=O)CC[C@@H](C(=O)O)c1cnc3ccccc3c1)NCCC2. The van der Waals surface area contributed by atoms with E-state index >= 15 is 0 Å². The number of Topliss-reactive ketones (excluding diaryl/α,β-unsaturated/α-hetero) is 1. The molecule has 0 saturated carbocycles. The number of para-hydroxylation sites is 1. The summed E-state index contributed by atoms with van der Waals surface area (Å²) < 4.78 is 0. The van der Waals surface area contributed by atoms with Crippen LogP contribution in [0.4, 0.5) is 5.82 Å². The van der Waals surface area contributed by atoms with Crippen molar-refractivity contribution < 1.29 is 14.7 Å². The number of fused-ring (bicyclic) bond motifs is 2. The van der Waals surface area contributed by atoms with Crippen molar-refractivity contribution in [1.29, 1.82) is 0 Å². The number of hydrogen-bond acceptors (Lipinski definition) is 5. The zero-order chi connectivity index (χ0) is 23.2. The molecule has 0 fully saturated rings. The molecule has 3 heterocycles. The van der Waals surface area contributed by atoms with Crippen molar-refractivity contribution in [3.63, 3.8) is 0 Å². The van der Waals surface area contributed by atoms with Crippen LogP contribution in [0.5, 0.6) is 0 Å². The van der Waals surface area contributed by atoms with Crippen molar-refractivity contribution in [2.45, 2.75) is 64.2 Å². The van der Waals surface area contributed by atoms with Gasteiger partial charge in [0.2, 0.25) is 0 Å². The molecular weight excluding hydrogens is 414 g/mol. The number of hydrogen-bond donors (Lipinski definition) is 2. The fraction of sp³-hybridized carbons (Fsp3) is 0.407. The van der Waals surface area contributed by atoms with Crippen molar-refractivity contribution in [2.75, 3.05) is 11.9 Å². The number of nitrogens with one attached hydrogen (secondary N) is 1. The number of carboxylic acid groups (broad SMARTS) is 1. The summed E-state index contributed by atoms with van der Waals surface area (Å²) in [4.78, 5) is 33.5. The lowest BCUT2D eigenvalue weighted by Crippen LogP contribution is -2.15. The molecule has 33 heavy (non-hydrogen) atoms. The maximum absolute atomic E-state index is 12.4. The molecule has 6 nitrogen and oxygen atoms in total. The number of carboxylic acids is 1. The number of pyridine rings is 2. The normalized spacial score (nSPS) is 13.8. The van der Waals surface area contributed by atoms with Gasteiger partial charge in [-0.3, -0.25) is 14.6 Å². The Morgan fingerprint density at radius 3 is 2.85 bits per heavy atom. The van der Waals surface area contributed by atoms with E-state index in [4.69, 9.17) is 4.98 Å². The number of ketones is 1. The van der Waals surface area contributed by atoms with E-state index in [0.717, 1.165) is 61.1 Å². The number of aryl methyl sites for hydroxylation is 3. The highest BCUT2D eigenvalue weighted by Crippen LogP contribution is 2.26. The molecule has 1 aliphatic rings. The summed E-state index contributed by atoms with van der Waals surface area (Å²) in [5, 5.41) is 14.0. The number of aromatic nitrogens is 2. The first-order chi connectivity index (χ1) is 16.0. The van der Waals surface area contributed by atoms with Crippen LogP contribution in [0.2, 0.25) is 0 Å². The number of carbonyl (C=O) groups is 2. The third kappa shape index (κ3) is 5.75. The highest BCUT2D eigenvalue weighted by atomic mass is 16.4. The van der Waals surface area contributed by atoms with Crippen molar-refractivity contribution in [2.24, 2.45) is 0 Å². The van der Waals surface area contributed by atoms with E-state index in [1.807, 2.05) is 30.3 Å². The first-order valence-electron chi connectivity index (χ1n) is 11.8. The summed E-state index contributed by atoms with van der Waals surface area (Å²) in [7, 11) is 0. The molecule has 0 radical (unpaired) electrons. The molecule has 2 N–H and O–H groups in total. The molecule has 1 atom stereocenters. The molecule has 3 aromatic rings. The largest absolute Gasteiger partial charge is 0.481 e. The van der Waals surface area contributed by atoms with Gasteiger partial charge >= 0.3 is 5.97 Å². The van der Waals surface area contributed by atoms with Gasteiger partial charge in [0.15, 0.2) is 0 Å². The minimum atomic E-state index is -0.914. The molecule has 0 amide bonds. The predicted molar refractivity (Wildman–Crippen MR) is 130 cm³/mol. The van der Waals surface area contributed by atoms with Gasteiger partial charge in [-0.2, -0.15) is 0 Å². The minimum Gasteiger partial charge on any atom is -0.481 e. The van der Waals surface area contributed by atoms with Crippen LogP contribution in [0, 0.1) is 6.92 Å². The molecule has 6 heteroatoms. The second-order valence-electron chi connectivity index (χ2n) is 8.93. The summed E-state index contributed by atoms with van der Waals surface area (Å²) in [5.41, 5.74) is 5.10. The van der Waals surface area contributed by atoms with Crippen molar-refractivity contribution in [3.05, 3.63) is 65.0 Å². The fourth-order valence-electron chi connectivity index (χ4n) is 4.55. The topological polar surface area (TPSA) is 92.2 Å². The van der Waals surface area contributed by atoms with Crippen LogP contribution in [0.15, 0.2) is 42.6 Å². The van der Waals surface area contributed by atoms with Crippen LogP contribution in [0.25, 0.3) is 10.9 Å². The average Bonchev–Trinajstić information content (AvgIpc) is 2.82. The zero-order valence-electron chi connectivity index (χ0n) is 19.1. The monoisotopic (exact) mass is 445 g/mol. The molecule has 0 spiro atoms. The van der Waals surface area contributed by atoms with E-state index in [0.29, 0.717) is 18.4 Å². The quantitative estimate of drug-likeness (QED) is 0.415. The number of unbranched alkanes of at least 4 members (excludes halogenated alkanes) is 1. The van der Waals surface area contributed by atoms with E-state index in [9.17, 15) is 14.7 Å². The number of anilines is 1. The molecule has 0 bridgehead atoms. The van der Waals surface area contributed by atoms with Crippen LogP contribution < -0.4 is 5.32 Å². The smallest absolute Gasteiger partial charge is 0.311 e. The first-order valence-corrected chi connectivity index (χ1v) is 11.8. The molecule has 0 unspecified atom stereocenters. The Morgan fingerprint density at radius 1 is 1.15 bits per heavy atom. The molecule has 172 valence electrons. The Kier molecular flexibility index (Phi) is 7.33. The number of rotatable bonds is 10. The van der Waals surface area contributed by atoms with Crippen LogP contribution in [-0.4, -0.2) is 33.4 Å². The Morgan fingerprint density at radius 2 is 2.00 bits per heavy atom. The number of benzene rings is 1. The van der Waals surface area contributed by atoms with E-state index in [1.54, 1.807) is 6.20 Å². The predicted octanol–water partition coefficient (Wildman–Crippen LogP) is 5.23. The summed E-state index contributed by atoms with van der Waals surface area (Å²) in [6, 6.07) is 11.7. The average molecular weight is 446 g/mol. The summed E-state index contributed by atoms with van der Waals surface area (Å²) in [5.74, 6) is -0.504.